The largest absolute Gasteiger partial charge is 0.342 e. The van der Waals surface area contributed by atoms with Crippen LogP contribution in [0.25, 0.3) is 10.6 Å². The highest BCUT2D eigenvalue weighted by Crippen LogP contribution is 2.28. The summed E-state index contributed by atoms with van der Waals surface area (Å²) in [5.41, 5.74) is 2.15. The second-order valence-electron chi connectivity index (χ2n) is 5.55. The van der Waals surface area contributed by atoms with Gasteiger partial charge in [-0.25, -0.2) is 4.98 Å². The molecule has 1 aliphatic rings. The number of likely N-dealkylation sites (tertiary alicyclic amines) is 1. The van der Waals surface area contributed by atoms with Crippen LogP contribution in [0.2, 0.25) is 0 Å². The number of aromatic nitrogens is 2. The Labute approximate surface area is 128 Å². The summed E-state index contributed by atoms with van der Waals surface area (Å²) in [5, 5.41) is 1.01. The second kappa shape index (κ2) is 5.93. The highest BCUT2D eigenvalue weighted by molar-refractivity contribution is 7.14. The third kappa shape index (κ3) is 3.13. The molecular formula is C16H19N3OS. The molecule has 1 fully saturated rings. The number of carbonyl (C=O) groups is 1. The third-order valence-corrected chi connectivity index (χ3v) is 4.90. The average molecular weight is 301 g/mol. The molecule has 0 aliphatic carbocycles. The molecule has 1 saturated heterocycles. The van der Waals surface area contributed by atoms with Gasteiger partial charge in [-0.3, -0.25) is 9.78 Å². The average Bonchev–Trinajstić information content (AvgIpc) is 2.94. The van der Waals surface area contributed by atoms with Gasteiger partial charge in [0.1, 0.15) is 5.01 Å². The van der Waals surface area contributed by atoms with Gasteiger partial charge in [-0.2, -0.15) is 0 Å². The summed E-state index contributed by atoms with van der Waals surface area (Å²) in [6, 6.07) is 4.17. The molecule has 3 rings (SSSR count). The topological polar surface area (TPSA) is 46.1 Å². The number of hydrogen-bond acceptors (Lipinski definition) is 4. The Hall–Kier alpha value is -1.75. The minimum Gasteiger partial charge on any atom is -0.342 e. The number of piperidine rings is 1. The SMILES string of the molecule is CC(=O)N1CCC[C@H](c2ccc(-c3ncc(C)s3)cn2)C1. The molecule has 21 heavy (non-hydrogen) atoms. The van der Waals surface area contributed by atoms with Crippen LogP contribution in [-0.4, -0.2) is 33.9 Å². The molecule has 1 atom stereocenters. The zero-order valence-corrected chi connectivity index (χ0v) is 13.2. The Morgan fingerprint density at radius 2 is 2.19 bits per heavy atom. The summed E-state index contributed by atoms with van der Waals surface area (Å²) in [5.74, 6) is 0.518. The zero-order chi connectivity index (χ0) is 14.8. The van der Waals surface area contributed by atoms with Gasteiger partial charge < -0.3 is 4.90 Å². The van der Waals surface area contributed by atoms with Crippen molar-refractivity contribution in [2.75, 3.05) is 13.1 Å². The van der Waals surface area contributed by atoms with Crippen LogP contribution in [0.4, 0.5) is 0 Å². The summed E-state index contributed by atoms with van der Waals surface area (Å²) in [7, 11) is 0. The van der Waals surface area contributed by atoms with Crippen LogP contribution in [0, 0.1) is 6.92 Å². The van der Waals surface area contributed by atoms with Gasteiger partial charge in [-0.1, -0.05) is 0 Å². The first-order chi connectivity index (χ1) is 10.1. The van der Waals surface area contributed by atoms with Crippen LogP contribution in [0.15, 0.2) is 24.5 Å². The number of carbonyl (C=O) groups excluding carboxylic acids is 1. The van der Waals surface area contributed by atoms with E-state index in [4.69, 9.17) is 0 Å². The fraction of sp³-hybridized carbons (Fsp3) is 0.438. The van der Waals surface area contributed by atoms with Crippen LogP contribution >= 0.6 is 11.3 Å². The maximum atomic E-state index is 11.5. The number of amides is 1. The Morgan fingerprint density at radius 1 is 1.33 bits per heavy atom. The van der Waals surface area contributed by atoms with E-state index in [1.165, 1.54) is 4.88 Å². The summed E-state index contributed by atoms with van der Waals surface area (Å²) >= 11 is 1.68. The lowest BCUT2D eigenvalue weighted by molar-refractivity contribution is -0.130. The molecule has 0 saturated carbocycles. The maximum Gasteiger partial charge on any atom is 0.219 e. The molecule has 110 valence electrons. The molecule has 0 radical (unpaired) electrons. The molecular weight excluding hydrogens is 282 g/mol. The molecule has 3 heterocycles. The van der Waals surface area contributed by atoms with Crippen molar-refractivity contribution < 1.29 is 4.79 Å². The van der Waals surface area contributed by atoms with Crippen molar-refractivity contribution in [3.63, 3.8) is 0 Å². The summed E-state index contributed by atoms with van der Waals surface area (Å²) in [6.07, 6.45) is 5.95. The molecule has 1 amide bonds. The van der Waals surface area contributed by atoms with Gasteiger partial charge in [0.15, 0.2) is 0 Å². The van der Waals surface area contributed by atoms with Gasteiger partial charge in [0.05, 0.1) is 0 Å². The number of thiazole rings is 1. The number of pyridine rings is 1. The molecule has 5 heteroatoms. The van der Waals surface area contributed by atoms with Gasteiger partial charge in [-0.05, 0) is 31.9 Å². The highest BCUT2D eigenvalue weighted by atomic mass is 32.1. The van der Waals surface area contributed by atoms with Gasteiger partial charge in [0, 0.05) is 54.5 Å². The van der Waals surface area contributed by atoms with Gasteiger partial charge in [-0.15, -0.1) is 11.3 Å². The van der Waals surface area contributed by atoms with Crippen molar-refractivity contribution in [2.24, 2.45) is 0 Å². The van der Waals surface area contributed by atoms with Crippen molar-refractivity contribution in [3.8, 4) is 10.6 Å². The van der Waals surface area contributed by atoms with Crippen LogP contribution in [0.5, 0.6) is 0 Å². The fourth-order valence-electron chi connectivity index (χ4n) is 2.77. The number of rotatable bonds is 2. The molecule has 0 unspecified atom stereocenters. The number of hydrogen-bond donors (Lipinski definition) is 0. The van der Waals surface area contributed by atoms with Crippen molar-refractivity contribution in [1.82, 2.24) is 14.9 Å². The van der Waals surface area contributed by atoms with Gasteiger partial charge in [0.25, 0.3) is 0 Å². The minimum atomic E-state index is 0.162. The molecule has 2 aromatic heterocycles. The van der Waals surface area contributed by atoms with Crippen molar-refractivity contribution in [1.29, 1.82) is 0 Å². The number of nitrogens with zero attached hydrogens (tertiary/aromatic N) is 3. The van der Waals surface area contributed by atoms with Crippen LogP contribution in [0.3, 0.4) is 0 Å². The van der Waals surface area contributed by atoms with Crippen molar-refractivity contribution in [3.05, 3.63) is 35.1 Å². The van der Waals surface area contributed by atoms with E-state index in [1.54, 1.807) is 18.3 Å². The Bertz CT molecular complexity index is 635. The van der Waals surface area contributed by atoms with E-state index < -0.39 is 0 Å². The van der Waals surface area contributed by atoms with E-state index in [2.05, 4.69) is 29.0 Å². The number of aryl methyl sites for hydroxylation is 1. The normalized spacial score (nSPS) is 18.8. The summed E-state index contributed by atoms with van der Waals surface area (Å²) in [4.78, 5) is 23.6. The first-order valence-electron chi connectivity index (χ1n) is 7.28. The third-order valence-electron chi connectivity index (χ3n) is 3.94. The van der Waals surface area contributed by atoms with E-state index in [-0.39, 0.29) is 5.91 Å². The van der Waals surface area contributed by atoms with Crippen molar-refractivity contribution >= 4 is 17.2 Å². The molecule has 0 aromatic carbocycles. The predicted octanol–water partition coefficient (Wildman–Crippen LogP) is 3.24. The van der Waals surface area contributed by atoms with Crippen LogP contribution in [-0.2, 0) is 4.79 Å². The first kappa shape index (κ1) is 14.2. The standard InChI is InChI=1S/C16H19N3OS/c1-11-8-18-16(21-11)13-5-6-15(17-9-13)14-4-3-7-19(10-14)12(2)20/h5-6,8-9,14H,3-4,7,10H2,1-2H3/t14-/m0/s1. The Kier molecular flexibility index (Phi) is 4.01. The quantitative estimate of drug-likeness (QED) is 0.855. The molecule has 4 nitrogen and oxygen atoms in total. The lowest BCUT2D eigenvalue weighted by Gasteiger charge is -2.31. The van der Waals surface area contributed by atoms with Crippen LogP contribution < -0.4 is 0 Å². The predicted molar refractivity (Wildman–Crippen MR) is 84.3 cm³/mol. The second-order valence-corrected chi connectivity index (χ2v) is 6.79. The zero-order valence-electron chi connectivity index (χ0n) is 12.4. The van der Waals surface area contributed by atoms with E-state index in [0.717, 1.165) is 42.2 Å². The lowest BCUT2D eigenvalue weighted by atomic mass is 9.94. The monoisotopic (exact) mass is 301 g/mol. The fourth-order valence-corrected chi connectivity index (χ4v) is 3.52. The van der Waals surface area contributed by atoms with Gasteiger partial charge in [0.2, 0.25) is 5.91 Å². The van der Waals surface area contributed by atoms with E-state index in [9.17, 15) is 4.79 Å². The van der Waals surface area contributed by atoms with Gasteiger partial charge >= 0.3 is 0 Å². The molecule has 2 aromatic rings. The van der Waals surface area contributed by atoms with Crippen molar-refractivity contribution in [2.45, 2.75) is 32.6 Å². The lowest BCUT2D eigenvalue weighted by Crippen LogP contribution is -2.37. The minimum absolute atomic E-state index is 0.162. The molecule has 0 spiro atoms. The molecule has 0 N–H and O–H groups in total. The summed E-state index contributed by atoms with van der Waals surface area (Å²) < 4.78 is 0. The smallest absolute Gasteiger partial charge is 0.219 e. The Morgan fingerprint density at radius 3 is 2.81 bits per heavy atom. The first-order valence-corrected chi connectivity index (χ1v) is 8.09. The Balaban J connectivity index is 1.76. The van der Waals surface area contributed by atoms with E-state index >= 15 is 0 Å². The van der Waals surface area contributed by atoms with Crippen LogP contribution in [0.1, 0.15) is 36.3 Å². The highest BCUT2D eigenvalue weighted by Gasteiger charge is 2.23. The van der Waals surface area contributed by atoms with E-state index in [1.807, 2.05) is 17.3 Å². The molecule has 0 bridgehead atoms. The summed E-state index contributed by atoms with van der Waals surface area (Å²) in [6.45, 7) is 5.37. The maximum absolute atomic E-state index is 11.5. The van der Waals surface area contributed by atoms with E-state index in [0.29, 0.717) is 5.92 Å². The molecule has 1 aliphatic heterocycles.